The highest BCUT2D eigenvalue weighted by Crippen LogP contribution is 2.10. The smallest absolute Gasteiger partial charge is 0.270 e. The van der Waals surface area contributed by atoms with Gasteiger partial charge in [0.25, 0.3) is 5.91 Å². The van der Waals surface area contributed by atoms with Crippen molar-refractivity contribution in [3.05, 3.63) is 23.5 Å². The summed E-state index contributed by atoms with van der Waals surface area (Å²) >= 11 is 0. The van der Waals surface area contributed by atoms with E-state index in [0.717, 1.165) is 19.5 Å². The van der Waals surface area contributed by atoms with Crippen molar-refractivity contribution < 1.29 is 14.7 Å². The van der Waals surface area contributed by atoms with Crippen LogP contribution in [0.5, 0.6) is 0 Å². The molecule has 0 aliphatic carbocycles. The van der Waals surface area contributed by atoms with Gasteiger partial charge in [0, 0.05) is 37.9 Å². The second kappa shape index (κ2) is 6.67. The number of aromatic amines is 1. The summed E-state index contributed by atoms with van der Waals surface area (Å²) in [5, 5.41) is 8.96. The molecule has 2 heterocycles. The van der Waals surface area contributed by atoms with Crippen molar-refractivity contribution in [2.75, 3.05) is 39.3 Å². The fourth-order valence-corrected chi connectivity index (χ4v) is 2.43. The fraction of sp³-hybridized carbons (Fsp3) is 0.571. The van der Waals surface area contributed by atoms with Crippen LogP contribution in [0.4, 0.5) is 0 Å². The first-order valence-electron chi connectivity index (χ1n) is 6.93. The van der Waals surface area contributed by atoms with E-state index in [2.05, 4.69) is 9.88 Å². The van der Waals surface area contributed by atoms with Crippen molar-refractivity contribution in [2.24, 2.45) is 0 Å². The molecule has 20 heavy (non-hydrogen) atoms. The third-order valence-electron chi connectivity index (χ3n) is 3.61. The lowest BCUT2D eigenvalue weighted by Crippen LogP contribution is -2.36. The number of ketones is 1. The maximum atomic E-state index is 12.4. The standard InChI is InChI=1S/C14H21N3O3/c1-11(19)12-9-13(15-10-12)14(20)17-4-2-3-16(5-6-17)7-8-18/h9-10,15,18H,2-8H2,1H3. The van der Waals surface area contributed by atoms with Crippen molar-refractivity contribution in [1.82, 2.24) is 14.8 Å². The number of Topliss-reactive ketones (excluding diaryl/α,β-unsaturated/α-hetero) is 1. The highest BCUT2D eigenvalue weighted by Gasteiger charge is 2.21. The number of aromatic nitrogens is 1. The predicted octanol–water partition coefficient (Wildman–Crippen LogP) is 0.357. The number of carbonyl (C=O) groups excluding carboxylic acids is 2. The zero-order chi connectivity index (χ0) is 14.5. The average molecular weight is 279 g/mol. The summed E-state index contributed by atoms with van der Waals surface area (Å²) in [6.07, 6.45) is 2.47. The van der Waals surface area contributed by atoms with Gasteiger partial charge in [0.05, 0.1) is 6.61 Å². The van der Waals surface area contributed by atoms with Crippen molar-refractivity contribution in [1.29, 1.82) is 0 Å². The lowest BCUT2D eigenvalue weighted by Gasteiger charge is -2.21. The first-order chi connectivity index (χ1) is 9.61. The van der Waals surface area contributed by atoms with Gasteiger partial charge in [0.15, 0.2) is 5.78 Å². The molecule has 6 nitrogen and oxygen atoms in total. The van der Waals surface area contributed by atoms with E-state index in [1.807, 2.05) is 0 Å². The number of H-pyrrole nitrogens is 1. The summed E-state index contributed by atoms with van der Waals surface area (Å²) in [7, 11) is 0. The Balaban J connectivity index is 1.99. The molecule has 1 aromatic rings. The molecule has 6 heteroatoms. The minimum Gasteiger partial charge on any atom is -0.395 e. The van der Waals surface area contributed by atoms with Gasteiger partial charge >= 0.3 is 0 Å². The minimum atomic E-state index is -0.0663. The number of nitrogens with zero attached hydrogens (tertiary/aromatic N) is 2. The van der Waals surface area contributed by atoms with Gasteiger partial charge in [-0.25, -0.2) is 0 Å². The van der Waals surface area contributed by atoms with Gasteiger partial charge < -0.3 is 15.0 Å². The highest BCUT2D eigenvalue weighted by molar-refractivity contribution is 5.99. The van der Waals surface area contributed by atoms with Crippen LogP contribution in [0.15, 0.2) is 12.3 Å². The largest absolute Gasteiger partial charge is 0.395 e. The summed E-state index contributed by atoms with van der Waals surface area (Å²) in [6, 6.07) is 1.61. The second-order valence-corrected chi connectivity index (χ2v) is 5.07. The highest BCUT2D eigenvalue weighted by atomic mass is 16.3. The molecule has 0 radical (unpaired) electrons. The topological polar surface area (TPSA) is 76.6 Å². The van der Waals surface area contributed by atoms with Crippen molar-refractivity contribution in [3.63, 3.8) is 0 Å². The zero-order valence-electron chi connectivity index (χ0n) is 11.8. The van der Waals surface area contributed by atoms with Gasteiger partial charge in [0.1, 0.15) is 5.69 Å². The number of hydrogen-bond acceptors (Lipinski definition) is 4. The summed E-state index contributed by atoms with van der Waals surface area (Å²) in [5.41, 5.74) is 0.996. The number of carbonyl (C=O) groups is 2. The van der Waals surface area contributed by atoms with E-state index in [1.165, 1.54) is 6.92 Å². The molecule has 1 aliphatic heterocycles. The van der Waals surface area contributed by atoms with E-state index >= 15 is 0 Å². The fourth-order valence-electron chi connectivity index (χ4n) is 2.43. The summed E-state index contributed by atoms with van der Waals surface area (Å²) < 4.78 is 0. The van der Waals surface area contributed by atoms with Crippen molar-refractivity contribution in [3.8, 4) is 0 Å². The number of aliphatic hydroxyl groups is 1. The Bertz CT molecular complexity index is 484. The van der Waals surface area contributed by atoms with Crippen LogP contribution in [0.3, 0.4) is 0 Å². The number of hydrogen-bond donors (Lipinski definition) is 2. The van der Waals surface area contributed by atoms with Crippen LogP contribution in [0.25, 0.3) is 0 Å². The number of nitrogens with one attached hydrogen (secondary N) is 1. The number of amides is 1. The van der Waals surface area contributed by atoms with Crippen LogP contribution in [0.2, 0.25) is 0 Å². The van der Waals surface area contributed by atoms with E-state index in [9.17, 15) is 9.59 Å². The van der Waals surface area contributed by atoms with Crippen LogP contribution >= 0.6 is 0 Å². The van der Waals surface area contributed by atoms with Gasteiger partial charge in [-0.2, -0.15) is 0 Å². The second-order valence-electron chi connectivity index (χ2n) is 5.07. The van der Waals surface area contributed by atoms with Gasteiger partial charge in [-0.15, -0.1) is 0 Å². The van der Waals surface area contributed by atoms with Crippen LogP contribution in [-0.2, 0) is 0 Å². The summed E-state index contributed by atoms with van der Waals surface area (Å²) in [4.78, 5) is 30.5. The Kier molecular flexibility index (Phi) is 4.92. The third kappa shape index (κ3) is 3.46. The van der Waals surface area contributed by atoms with Gasteiger partial charge in [0.2, 0.25) is 0 Å². The maximum Gasteiger partial charge on any atom is 0.270 e. The normalized spacial score (nSPS) is 17.0. The Labute approximate surface area is 118 Å². The molecule has 110 valence electrons. The molecule has 0 unspecified atom stereocenters. The number of aliphatic hydroxyl groups excluding tert-OH is 1. The monoisotopic (exact) mass is 279 g/mol. The molecule has 0 saturated carbocycles. The molecule has 0 atom stereocenters. The first-order valence-corrected chi connectivity index (χ1v) is 6.93. The van der Waals surface area contributed by atoms with Gasteiger partial charge in [-0.3, -0.25) is 14.5 Å². The molecule has 0 bridgehead atoms. The number of β-amino-alcohol motifs (C(OH)–C–C–N with tert-alkyl or cyclic N) is 1. The first kappa shape index (κ1) is 14.7. The lowest BCUT2D eigenvalue weighted by atomic mass is 10.2. The van der Waals surface area contributed by atoms with Crippen LogP contribution in [0.1, 0.15) is 34.2 Å². The zero-order valence-corrected chi connectivity index (χ0v) is 11.8. The van der Waals surface area contributed by atoms with Gasteiger partial charge in [-0.1, -0.05) is 0 Å². The Morgan fingerprint density at radius 1 is 1.30 bits per heavy atom. The summed E-state index contributed by atoms with van der Waals surface area (Å²) in [5.74, 6) is -0.117. The molecule has 1 amide bonds. The molecular formula is C14H21N3O3. The molecule has 0 aromatic carbocycles. The predicted molar refractivity (Wildman–Crippen MR) is 74.8 cm³/mol. The molecule has 1 saturated heterocycles. The van der Waals surface area contributed by atoms with Crippen LogP contribution in [-0.4, -0.2) is 70.9 Å². The minimum absolute atomic E-state index is 0.0507. The van der Waals surface area contributed by atoms with E-state index < -0.39 is 0 Å². The SMILES string of the molecule is CC(=O)c1c[nH]c(C(=O)N2CCCN(CCO)CC2)c1. The Hall–Kier alpha value is -1.66. The van der Waals surface area contributed by atoms with E-state index in [4.69, 9.17) is 5.11 Å². The molecular weight excluding hydrogens is 258 g/mol. The molecule has 0 spiro atoms. The molecule has 1 aromatic heterocycles. The quantitative estimate of drug-likeness (QED) is 0.780. The molecule has 2 N–H and O–H groups in total. The number of rotatable bonds is 4. The van der Waals surface area contributed by atoms with E-state index in [0.29, 0.717) is 30.9 Å². The van der Waals surface area contributed by atoms with Crippen LogP contribution in [0, 0.1) is 0 Å². The Morgan fingerprint density at radius 2 is 2.10 bits per heavy atom. The van der Waals surface area contributed by atoms with Gasteiger partial charge in [-0.05, 0) is 26.0 Å². The average Bonchev–Trinajstić information content (AvgIpc) is 2.80. The summed E-state index contributed by atoms with van der Waals surface area (Å²) in [6.45, 7) is 5.30. The van der Waals surface area contributed by atoms with Crippen LogP contribution < -0.4 is 0 Å². The third-order valence-corrected chi connectivity index (χ3v) is 3.61. The van der Waals surface area contributed by atoms with E-state index in [-0.39, 0.29) is 18.3 Å². The lowest BCUT2D eigenvalue weighted by molar-refractivity contribution is 0.0755. The van der Waals surface area contributed by atoms with E-state index in [1.54, 1.807) is 17.2 Å². The van der Waals surface area contributed by atoms with Crippen molar-refractivity contribution in [2.45, 2.75) is 13.3 Å². The maximum absolute atomic E-state index is 12.4. The Morgan fingerprint density at radius 3 is 2.75 bits per heavy atom. The molecule has 1 fully saturated rings. The molecule has 2 rings (SSSR count). The molecule has 1 aliphatic rings. The van der Waals surface area contributed by atoms with Crippen molar-refractivity contribution >= 4 is 11.7 Å².